The molecule has 3 N–H and O–H groups in total. The Morgan fingerprint density at radius 2 is 2.13 bits per heavy atom. The standard InChI is InChI=1S/C12H15NO2/c13-11-9-6-2-1-4-8(9)5-3-7-10(11)12(14)15/h1-2,4,6,10-11H,3,5,7,13H2,(H,14,15)/t10-,11+/m0/s1. The Morgan fingerprint density at radius 3 is 2.87 bits per heavy atom. The lowest BCUT2D eigenvalue weighted by atomic mass is 9.92. The zero-order valence-electron chi connectivity index (χ0n) is 8.52. The van der Waals surface area contributed by atoms with Crippen LogP contribution in [0, 0.1) is 5.92 Å². The van der Waals surface area contributed by atoms with Gasteiger partial charge in [0.2, 0.25) is 0 Å². The molecule has 1 aliphatic carbocycles. The number of hydrogen-bond acceptors (Lipinski definition) is 2. The summed E-state index contributed by atoms with van der Waals surface area (Å²) >= 11 is 0. The Bertz CT molecular complexity index is 376. The molecule has 3 heteroatoms. The number of fused-ring (bicyclic) bond motifs is 1. The van der Waals surface area contributed by atoms with Crippen molar-refractivity contribution < 1.29 is 9.90 Å². The van der Waals surface area contributed by atoms with Crippen molar-refractivity contribution in [3.05, 3.63) is 35.4 Å². The van der Waals surface area contributed by atoms with Crippen LogP contribution in [0.15, 0.2) is 24.3 Å². The predicted molar refractivity (Wildman–Crippen MR) is 57.4 cm³/mol. The van der Waals surface area contributed by atoms with Gasteiger partial charge in [-0.05, 0) is 30.4 Å². The van der Waals surface area contributed by atoms with Crippen molar-refractivity contribution in [2.75, 3.05) is 0 Å². The van der Waals surface area contributed by atoms with Crippen molar-refractivity contribution in [1.82, 2.24) is 0 Å². The fourth-order valence-corrected chi connectivity index (χ4v) is 2.27. The van der Waals surface area contributed by atoms with E-state index in [4.69, 9.17) is 10.8 Å². The SMILES string of the molecule is N[C@@H]1c2ccccc2CCC[C@@H]1C(=O)O. The molecular weight excluding hydrogens is 190 g/mol. The molecule has 3 nitrogen and oxygen atoms in total. The first kappa shape index (κ1) is 10.2. The maximum atomic E-state index is 11.0. The third kappa shape index (κ3) is 1.88. The minimum atomic E-state index is -0.779. The Balaban J connectivity index is 2.38. The van der Waals surface area contributed by atoms with Crippen LogP contribution in [0.2, 0.25) is 0 Å². The van der Waals surface area contributed by atoms with Crippen molar-refractivity contribution in [2.45, 2.75) is 25.3 Å². The van der Waals surface area contributed by atoms with Crippen LogP contribution in [0.5, 0.6) is 0 Å². The molecule has 0 aromatic heterocycles. The van der Waals surface area contributed by atoms with Gasteiger partial charge in [0, 0.05) is 6.04 Å². The summed E-state index contributed by atoms with van der Waals surface area (Å²) < 4.78 is 0. The van der Waals surface area contributed by atoms with Crippen molar-refractivity contribution >= 4 is 5.97 Å². The van der Waals surface area contributed by atoms with Gasteiger partial charge in [0.1, 0.15) is 0 Å². The van der Waals surface area contributed by atoms with E-state index in [1.54, 1.807) is 0 Å². The second-order valence-corrected chi connectivity index (χ2v) is 4.06. The number of carboxylic acid groups (broad SMARTS) is 1. The minimum absolute atomic E-state index is 0.360. The highest BCUT2D eigenvalue weighted by Gasteiger charge is 2.29. The number of carboxylic acids is 1. The molecule has 0 spiro atoms. The normalized spacial score (nSPS) is 25.4. The van der Waals surface area contributed by atoms with Gasteiger partial charge in [0.25, 0.3) is 0 Å². The number of benzene rings is 1. The van der Waals surface area contributed by atoms with E-state index in [9.17, 15) is 4.79 Å². The highest BCUT2D eigenvalue weighted by Crippen LogP contribution is 2.31. The van der Waals surface area contributed by atoms with Crippen LogP contribution in [-0.2, 0) is 11.2 Å². The molecule has 0 amide bonds. The van der Waals surface area contributed by atoms with Crippen LogP contribution in [0.3, 0.4) is 0 Å². The highest BCUT2D eigenvalue weighted by atomic mass is 16.4. The van der Waals surface area contributed by atoms with Crippen LogP contribution in [0.4, 0.5) is 0 Å². The lowest BCUT2D eigenvalue weighted by Gasteiger charge is -2.18. The molecule has 0 bridgehead atoms. The van der Waals surface area contributed by atoms with Gasteiger partial charge in [-0.1, -0.05) is 24.3 Å². The van der Waals surface area contributed by atoms with Crippen molar-refractivity contribution in [2.24, 2.45) is 11.7 Å². The van der Waals surface area contributed by atoms with E-state index in [0.717, 1.165) is 18.4 Å². The Hall–Kier alpha value is -1.35. The highest BCUT2D eigenvalue weighted by molar-refractivity contribution is 5.71. The third-order valence-corrected chi connectivity index (χ3v) is 3.13. The molecule has 1 aromatic rings. The average molecular weight is 205 g/mol. The average Bonchev–Trinajstić information content (AvgIpc) is 2.39. The van der Waals surface area contributed by atoms with E-state index in [0.29, 0.717) is 6.42 Å². The first-order valence-electron chi connectivity index (χ1n) is 5.26. The van der Waals surface area contributed by atoms with Crippen molar-refractivity contribution in [3.8, 4) is 0 Å². The monoisotopic (exact) mass is 205 g/mol. The summed E-state index contributed by atoms with van der Waals surface area (Å²) in [6.45, 7) is 0. The zero-order valence-corrected chi connectivity index (χ0v) is 8.52. The fourth-order valence-electron chi connectivity index (χ4n) is 2.27. The number of nitrogens with two attached hydrogens (primary N) is 1. The molecule has 2 rings (SSSR count). The fraction of sp³-hybridized carbons (Fsp3) is 0.417. The number of aryl methyl sites for hydroxylation is 1. The first-order valence-corrected chi connectivity index (χ1v) is 5.26. The molecule has 0 saturated carbocycles. The molecule has 0 radical (unpaired) electrons. The van der Waals surface area contributed by atoms with Gasteiger partial charge in [-0.25, -0.2) is 0 Å². The Kier molecular flexibility index (Phi) is 2.73. The smallest absolute Gasteiger partial charge is 0.308 e. The second kappa shape index (κ2) is 4.03. The first-order chi connectivity index (χ1) is 7.20. The summed E-state index contributed by atoms with van der Waals surface area (Å²) in [6, 6.07) is 7.53. The lowest BCUT2D eigenvalue weighted by Crippen LogP contribution is -2.27. The van der Waals surface area contributed by atoms with E-state index in [2.05, 4.69) is 0 Å². The summed E-state index contributed by atoms with van der Waals surface area (Å²) in [6.07, 6.45) is 2.51. The lowest BCUT2D eigenvalue weighted by molar-refractivity contribution is -0.142. The minimum Gasteiger partial charge on any atom is -0.481 e. The molecule has 80 valence electrons. The number of hydrogen-bond donors (Lipinski definition) is 2. The molecule has 0 heterocycles. The van der Waals surface area contributed by atoms with Crippen LogP contribution in [0.1, 0.15) is 30.0 Å². The zero-order chi connectivity index (χ0) is 10.8. The largest absolute Gasteiger partial charge is 0.481 e. The van der Waals surface area contributed by atoms with Crippen LogP contribution < -0.4 is 5.73 Å². The van der Waals surface area contributed by atoms with E-state index in [-0.39, 0.29) is 6.04 Å². The van der Waals surface area contributed by atoms with E-state index < -0.39 is 11.9 Å². The molecule has 0 fully saturated rings. The predicted octanol–water partition coefficient (Wildman–Crippen LogP) is 1.72. The maximum Gasteiger partial charge on any atom is 0.308 e. The molecule has 2 atom stereocenters. The van der Waals surface area contributed by atoms with E-state index in [1.165, 1.54) is 5.56 Å². The molecular formula is C12H15NO2. The molecule has 1 aromatic carbocycles. The number of carbonyl (C=O) groups is 1. The summed E-state index contributed by atoms with van der Waals surface area (Å²) in [7, 11) is 0. The molecule has 0 unspecified atom stereocenters. The second-order valence-electron chi connectivity index (χ2n) is 4.06. The van der Waals surface area contributed by atoms with Gasteiger partial charge >= 0.3 is 5.97 Å². The van der Waals surface area contributed by atoms with Gasteiger partial charge in [0.05, 0.1) is 5.92 Å². The van der Waals surface area contributed by atoms with Crippen molar-refractivity contribution in [3.63, 3.8) is 0 Å². The van der Waals surface area contributed by atoms with Crippen LogP contribution >= 0.6 is 0 Å². The summed E-state index contributed by atoms with van der Waals surface area (Å²) in [5.74, 6) is -1.21. The molecule has 0 saturated heterocycles. The van der Waals surface area contributed by atoms with Gasteiger partial charge < -0.3 is 10.8 Å². The molecule has 15 heavy (non-hydrogen) atoms. The van der Waals surface area contributed by atoms with Crippen LogP contribution in [-0.4, -0.2) is 11.1 Å². The van der Waals surface area contributed by atoms with Crippen molar-refractivity contribution in [1.29, 1.82) is 0 Å². The Labute approximate surface area is 88.9 Å². The summed E-state index contributed by atoms with van der Waals surface area (Å²) in [5.41, 5.74) is 8.22. The summed E-state index contributed by atoms with van der Waals surface area (Å²) in [4.78, 5) is 11.0. The van der Waals surface area contributed by atoms with E-state index >= 15 is 0 Å². The van der Waals surface area contributed by atoms with Gasteiger partial charge in [-0.2, -0.15) is 0 Å². The molecule has 0 aliphatic heterocycles. The topological polar surface area (TPSA) is 63.3 Å². The number of aliphatic carboxylic acids is 1. The third-order valence-electron chi connectivity index (χ3n) is 3.13. The quantitative estimate of drug-likeness (QED) is 0.686. The Morgan fingerprint density at radius 1 is 1.40 bits per heavy atom. The summed E-state index contributed by atoms with van der Waals surface area (Å²) in [5, 5.41) is 9.08. The molecule has 1 aliphatic rings. The van der Waals surface area contributed by atoms with Gasteiger partial charge in [-0.15, -0.1) is 0 Å². The van der Waals surface area contributed by atoms with E-state index in [1.807, 2.05) is 24.3 Å². The van der Waals surface area contributed by atoms with Crippen LogP contribution in [0.25, 0.3) is 0 Å². The maximum absolute atomic E-state index is 11.0. The van der Waals surface area contributed by atoms with Gasteiger partial charge in [-0.3, -0.25) is 4.79 Å². The van der Waals surface area contributed by atoms with Gasteiger partial charge in [0.15, 0.2) is 0 Å². The number of rotatable bonds is 1.